The first-order chi connectivity index (χ1) is 5.81. The van der Waals surface area contributed by atoms with Crippen LogP contribution in [0.2, 0.25) is 0 Å². The Balaban J connectivity index is 0.000000845. The van der Waals surface area contributed by atoms with Gasteiger partial charge in [-0.2, -0.15) is 0 Å². The number of rotatable bonds is 2. The average molecular weight is 198 g/mol. The smallest absolute Gasteiger partial charge is 0.0180 e. The van der Waals surface area contributed by atoms with E-state index < -0.39 is 0 Å². The highest BCUT2D eigenvalue weighted by Gasteiger charge is 2.23. The summed E-state index contributed by atoms with van der Waals surface area (Å²) in [4.78, 5) is 0. The zero-order valence-electron chi connectivity index (χ0n) is 7.92. The molecule has 1 nitrogen and oxygen atoms in total. The Labute approximate surface area is 85.7 Å². The molecule has 13 heavy (non-hydrogen) atoms. The number of hydrogen-bond acceptors (Lipinski definition) is 1. The average Bonchev–Trinajstić information content (AvgIpc) is 2.88. The van der Waals surface area contributed by atoms with Gasteiger partial charge in [-0.25, -0.2) is 0 Å². The summed E-state index contributed by atoms with van der Waals surface area (Å²) in [6, 6.07) is 6.70. The van der Waals surface area contributed by atoms with Gasteiger partial charge in [-0.15, -0.1) is 12.4 Å². The summed E-state index contributed by atoms with van der Waals surface area (Å²) in [5.74, 6) is 0.843. The van der Waals surface area contributed by atoms with Gasteiger partial charge in [0.25, 0.3) is 0 Å². The van der Waals surface area contributed by atoms with E-state index in [1.54, 1.807) is 0 Å². The molecule has 1 aliphatic carbocycles. The van der Waals surface area contributed by atoms with Gasteiger partial charge in [0, 0.05) is 6.54 Å². The summed E-state index contributed by atoms with van der Waals surface area (Å²) in [6.07, 6.45) is 2.74. The Morgan fingerprint density at radius 2 is 2.08 bits per heavy atom. The molecule has 1 aliphatic rings. The number of aryl methyl sites for hydroxylation is 1. The van der Waals surface area contributed by atoms with Crippen molar-refractivity contribution in [3.8, 4) is 0 Å². The van der Waals surface area contributed by atoms with E-state index in [2.05, 4.69) is 25.1 Å². The third kappa shape index (κ3) is 2.23. The van der Waals surface area contributed by atoms with E-state index >= 15 is 0 Å². The van der Waals surface area contributed by atoms with Crippen LogP contribution in [0.25, 0.3) is 0 Å². The third-order valence-electron chi connectivity index (χ3n) is 2.64. The Morgan fingerprint density at radius 3 is 2.62 bits per heavy atom. The Kier molecular flexibility index (Phi) is 3.34. The lowest BCUT2D eigenvalue weighted by molar-refractivity contribution is 1.02. The Bertz CT molecular complexity index is 292. The van der Waals surface area contributed by atoms with Crippen LogP contribution in [-0.2, 0) is 6.54 Å². The fourth-order valence-corrected chi connectivity index (χ4v) is 1.58. The van der Waals surface area contributed by atoms with Gasteiger partial charge in [-0.1, -0.05) is 18.2 Å². The van der Waals surface area contributed by atoms with E-state index in [4.69, 9.17) is 5.73 Å². The minimum absolute atomic E-state index is 0. The topological polar surface area (TPSA) is 26.0 Å². The van der Waals surface area contributed by atoms with Crippen molar-refractivity contribution in [2.45, 2.75) is 32.2 Å². The molecule has 2 rings (SSSR count). The van der Waals surface area contributed by atoms with Gasteiger partial charge >= 0.3 is 0 Å². The van der Waals surface area contributed by atoms with E-state index in [0.717, 1.165) is 5.92 Å². The number of nitrogens with two attached hydrogens (primary N) is 1. The summed E-state index contributed by atoms with van der Waals surface area (Å²) in [5, 5.41) is 0. The quantitative estimate of drug-likeness (QED) is 0.776. The molecule has 0 bridgehead atoms. The third-order valence-corrected chi connectivity index (χ3v) is 2.64. The lowest BCUT2D eigenvalue weighted by Gasteiger charge is -2.05. The largest absolute Gasteiger partial charge is 0.326 e. The van der Waals surface area contributed by atoms with E-state index in [1.807, 2.05) is 0 Å². The maximum Gasteiger partial charge on any atom is 0.0180 e. The molecule has 0 saturated heterocycles. The molecule has 2 heteroatoms. The van der Waals surface area contributed by atoms with Crippen LogP contribution in [0.1, 0.15) is 35.4 Å². The zero-order chi connectivity index (χ0) is 8.55. The second-order valence-corrected chi connectivity index (χ2v) is 3.66. The molecule has 0 radical (unpaired) electrons. The molecule has 1 saturated carbocycles. The number of hydrogen-bond donors (Lipinski definition) is 1. The Morgan fingerprint density at radius 1 is 1.38 bits per heavy atom. The summed E-state index contributed by atoms with van der Waals surface area (Å²) in [7, 11) is 0. The van der Waals surface area contributed by atoms with Gasteiger partial charge in [0.05, 0.1) is 0 Å². The molecular weight excluding hydrogens is 182 g/mol. The molecule has 0 unspecified atom stereocenters. The maximum absolute atomic E-state index is 5.64. The highest BCUT2D eigenvalue weighted by molar-refractivity contribution is 5.85. The van der Waals surface area contributed by atoms with Crippen LogP contribution in [0.15, 0.2) is 18.2 Å². The standard InChI is InChI=1S/C11H15N.ClH/c1-8-2-3-10(9-4-5-9)6-11(8)7-12;/h2-3,6,9H,4-5,7,12H2,1H3;1H. The van der Waals surface area contributed by atoms with E-state index in [9.17, 15) is 0 Å². The van der Waals surface area contributed by atoms with Crippen molar-refractivity contribution < 1.29 is 0 Å². The summed E-state index contributed by atoms with van der Waals surface area (Å²) in [5.41, 5.74) is 9.75. The minimum Gasteiger partial charge on any atom is -0.326 e. The maximum atomic E-state index is 5.64. The second-order valence-electron chi connectivity index (χ2n) is 3.66. The van der Waals surface area contributed by atoms with Gasteiger partial charge in [-0.05, 0) is 42.4 Å². The van der Waals surface area contributed by atoms with Crippen LogP contribution in [0, 0.1) is 6.92 Å². The molecular formula is C11H16ClN. The van der Waals surface area contributed by atoms with E-state index in [0.29, 0.717) is 6.54 Å². The molecule has 0 spiro atoms. The molecule has 1 fully saturated rings. The van der Waals surface area contributed by atoms with Crippen LogP contribution >= 0.6 is 12.4 Å². The molecule has 0 aromatic heterocycles. The van der Waals surface area contributed by atoms with Crippen molar-refractivity contribution in [3.05, 3.63) is 34.9 Å². The highest BCUT2D eigenvalue weighted by Crippen LogP contribution is 2.40. The fraction of sp³-hybridized carbons (Fsp3) is 0.455. The predicted molar refractivity (Wildman–Crippen MR) is 58.3 cm³/mol. The van der Waals surface area contributed by atoms with Crippen molar-refractivity contribution in [2.24, 2.45) is 5.73 Å². The van der Waals surface area contributed by atoms with E-state index in [-0.39, 0.29) is 12.4 Å². The lowest BCUT2D eigenvalue weighted by Crippen LogP contribution is -1.99. The van der Waals surface area contributed by atoms with Crippen molar-refractivity contribution >= 4 is 12.4 Å². The molecule has 1 aromatic carbocycles. The first-order valence-corrected chi connectivity index (χ1v) is 4.61. The fourth-order valence-electron chi connectivity index (χ4n) is 1.58. The molecule has 0 amide bonds. The first kappa shape index (κ1) is 10.6. The van der Waals surface area contributed by atoms with Gasteiger partial charge in [0.2, 0.25) is 0 Å². The normalized spacial score (nSPS) is 15.2. The number of halogens is 1. The SMILES string of the molecule is Cc1ccc(C2CC2)cc1CN.Cl. The molecule has 72 valence electrons. The minimum atomic E-state index is 0. The van der Waals surface area contributed by atoms with Gasteiger partial charge in [0.15, 0.2) is 0 Å². The van der Waals surface area contributed by atoms with Gasteiger partial charge in [-0.3, -0.25) is 0 Å². The second kappa shape index (κ2) is 4.12. The van der Waals surface area contributed by atoms with Crippen molar-refractivity contribution in [3.63, 3.8) is 0 Å². The van der Waals surface area contributed by atoms with Crippen molar-refractivity contribution in [1.29, 1.82) is 0 Å². The highest BCUT2D eigenvalue weighted by atomic mass is 35.5. The molecule has 0 aliphatic heterocycles. The van der Waals surface area contributed by atoms with Gasteiger partial charge < -0.3 is 5.73 Å². The van der Waals surface area contributed by atoms with Crippen LogP contribution in [0.5, 0.6) is 0 Å². The predicted octanol–water partition coefficient (Wildman–Crippen LogP) is 2.75. The molecule has 1 aromatic rings. The molecule has 0 atom stereocenters. The van der Waals surface area contributed by atoms with Crippen LogP contribution in [-0.4, -0.2) is 0 Å². The number of benzene rings is 1. The summed E-state index contributed by atoms with van der Waals surface area (Å²) in [6.45, 7) is 2.80. The molecule has 2 N–H and O–H groups in total. The Hall–Kier alpha value is -0.530. The zero-order valence-corrected chi connectivity index (χ0v) is 8.73. The molecule has 0 heterocycles. The lowest BCUT2D eigenvalue weighted by atomic mass is 10.0. The van der Waals surface area contributed by atoms with Crippen LogP contribution in [0.4, 0.5) is 0 Å². The van der Waals surface area contributed by atoms with Crippen molar-refractivity contribution in [2.75, 3.05) is 0 Å². The summed E-state index contributed by atoms with van der Waals surface area (Å²) >= 11 is 0. The van der Waals surface area contributed by atoms with Crippen LogP contribution < -0.4 is 5.73 Å². The first-order valence-electron chi connectivity index (χ1n) is 4.61. The summed E-state index contributed by atoms with van der Waals surface area (Å²) < 4.78 is 0. The van der Waals surface area contributed by atoms with E-state index in [1.165, 1.54) is 29.5 Å². The monoisotopic (exact) mass is 197 g/mol. The van der Waals surface area contributed by atoms with Gasteiger partial charge in [0.1, 0.15) is 0 Å². The van der Waals surface area contributed by atoms with Crippen LogP contribution in [0.3, 0.4) is 0 Å². The van der Waals surface area contributed by atoms with Crippen molar-refractivity contribution in [1.82, 2.24) is 0 Å².